The molecule has 0 spiro atoms. The first-order valence-electron chi connectivity index (χ1n) is 0.365. The summed E-state index contributed by atoms with van der Waals surface area (Å²) in [6.07, 6.45) is 0. The molecule has 0 aliphatic heterocycles. The monoisotopic (exact) mass is 161 g/mol. The number of rotatable bonds is 0. The molecule has 0 amide bonds. The van der Waals surface area contributed by atoms with Crippen LogP contribution in [0.4, 0.5) is 0 Å². The molecule has 0 unspecified atom stereocenters. The van der Waals surface area contributed by atoms with E-state index < -0.39 is 16.2 Å². The fourth-order valence-corrected chi connectivity index (χ4v) is 0. The summed E-state index contributed by atoms with van der Waals surface area (Å²) in [7, 11) is 0. The van der Waals surface area contributed by atoms with Gasteiger partial charge in [0.2, 0.25) is 0 Å². The second kappa shape index (κ2) is 17.2. The first kappa shape index (κ1) is 15.9. The number of hydrogen-bond donors (Lipinski definition) is 0. The van der Waals surface area contributed by atoms with Crippen LogP contribution in [-0.2, 0) is 23.5 Å². The summed E-state index contributed by atoms with van der Waals surface area (Å²) in [4.78, 5) is 0. The predicted octanol–water partition coefficient (Wildman–Crippen LogP) is 0.0259. The maximum absolute atomic E-state index is 8.47. The molecule has 0 rings (SSSR count). The van der Waals surface area contributed by atoms with Crippen molar-refractivity contribution in [3.63, 3.8) is 0 Å². The van der Waals surface area contributed by atoms with E-state index in [2.05, 4.69) is 0 Å². The van der Waals surface area contributed by atoms with Crippen LogP contribution in [-0.4, -0.2) is 37.7 Å². The van der Waals surface area contributed by atoms with Crippen LogP contribution in [0.25, 0.3) is 0 Å². The molecule has 0 fully saturated rings. The van der Waals surface area contributed by atoms with Gasteiger partial charge in [-0.1, -0.05) is 0 Å². The van der Waals surface area contributed by atoms with Gasteiger partial charge in [0.05, 0.1) is 0 Å². The van der Waals surface area contributed by atoms with Crippen LogP contribution in [0, 0.1) is 0 Å². The van der Waals surface area contributed by atoms with E-state index in [0.717, 1.165) is 0 Å². The van der Waals surface area contributed by atoms with Gasteiger partial charge >= 0.3 is 61.3 Å². The van der Waals surface area contributed by atoms with Gasteiger partial charge in [0.15, 0.2) is 0 Å². The molecule has 2 nitrogen and oxygen atoms in total. The Morgan fingerprint density at radius 2 is 1.40 bits per heavy atom. The maximum atomic E-state index is 8.47. The van der Waals surface area contributed by atoms with E-state index in [9.17, 15) is 0 Å². The van der Waals surface area contributed by atoms with E-state index >= 15 is 0 Å². The van der Waals surface area contributed by atoms with E-state index in [-0.39, 0.29) is 53.0 Å². The molecule has 29 valence electrons. The topological polar surface area (TPSA) is 34.1 Å². The first-order chi connectivity index (χ1) is 1.41. The number of halogens is 1. The third kappa shape index (κ3) is 26.6. The van der Waals surface area contributed by atoms with Crippen LogP contribution < -0.4 is 0 Å². The van der Waals surface area contributed by atoms with E-state index in [0.29, 0.717) is 0 Å². The second-order valence-electron chi connectivity index (χ2n) is 0.0745. The Bertz CT molecular complexity index is 36.7. The minimum atomic E-state index is -1.81. The van der Waals surface area contributed by atoms with Crippen LogP contribution in [0.15, 0.2) is 0 Å². The molecule has 5 heteroatoms. The summed E-state index contributed by atoms with van der Waals surface area (Å²) in [6, 6.07) is 0. The van der Waals surface area contributed by atoms with Gasteiger partial charge in [-0.05, 0) is 0 Å². The van der Waals surface area contributed by atoms with Crippen molar-refractivity contribution >= 4 is 50.1 Å². The molecule has 0 saturated carbocycles. The van der Waals surface area contributed by atoms with Gasteiger partial charge in [-0.2, -0.15) is 0 Å². The molecule has 0 saturated heterocycles. The summed E-state index contributed by atoms with van der Waals surface area (Å²) in [5.74, 6) is 0. The molecular formula is H3CaClO2V. The fourth-order valence-electron chi connectivity index (χ4n) is 0. The van der Waals surface area contributed by atoms with Gasteiger partial charge < -0.3 is 2.85 Å². The normalized spacial score (nSPS) is 1.60. The average Bonchev–Trinajstić information content (AvgIpc) is 0.918. The molecule has 0 aliphatic carbocycles. The van der Waals surface area contributed by atoms with Crippen molar-refractivity contribution in [2.75, 3.05) is 0 Å². The standard InChI is InChI=1S/Ca.ClH.2O.V.2H/h;1H;;;;;/q+2;;;;;2*-1. The molecule has 0 aliphatic rings. The van der Waals surface area contributed by atoms with Crippen molar-refractivity contribution in [2.24, 2.45) is 0 Å². The molecule has 0 bridgehead atoms. The molecule has 0 radical (unpaired) electrons. The molecule has 0 heterocycles. The predicted molar refractivity (Wildman–Crippen MR) is 16.6 cm³/mol. The zero-order chi connectivity index (χ0) is 2.71. The summed E-state index contributed by atoms with van der Waals surface area (Å²) in [6.45, 7) is 0. The van der Waals surface area contributed by atoms with E-state index in [4.69, 9.17) is 7.35 Å². The van der Waals surface area contributed by atoms with Crippen molar-refractivity contribution in [3.05, 3.63) is 0 Å². The Morgan fingerprint density at radius 3 is 1.40 bits per heavy atom. The molecule has 0 N–H and O–H groups in total. The molecule has 5 heavy (non-hydrogen) atoms. The Kier molecular flexibility index (Phi) is 54.6. The Balaban J connectivity index is -0.00000000333. The van der Waals surface area contributed by atoms with Gasteiger partial charge in [-0.3, -0.25) is 0 Å². The van der Waals surface area contributed by atoms with Crippen LogP contribution in [0.1, 0.15) is 2.85 Å². The quantitative estimate of drug-likeness (QED) is 0.470. The Hall–Kier alpha value is 1.73. The van der Waals surface area contributed by atoms with Crippen LogP contribution in [0.5, 0.6) is 0 Å². The van der Waals surface area contributed by atoms with Gasteiger partial charge in [0.25, 0.3) is 0 Å². The van der Waals surface area contributed by atoms with Gasteiger partial charge in [0.1, 0.15) is 0 Å². The summed E-state index contributed by atoms with van der Waals surface area (Å²) >= 11 is -1.81. The third-order valence-electron chi connectivity index (χ3n) is 0. The van der Waals surface area contributed by atoms with Crippen LogP contribution in [0.3, 0.4) is 0 Å². The van der Waals surface area contributed by atoms with Gasteiger partial charge in [-0.25, -0.2) is 0 Å². The number of hydrogen-bond acceptors (Lipinski definition) is 2. The Labute approximate surface area is 75.6 Å². The Morgan fingerprint density at radius 1 is 1.40 bits per heavy atom. The SMILES string of the molecule is Cl.[Ca+2].[H-].[H-].[O]=[V]=[O]. The van der Waals surface area contributed by atoms with Crippen LogP contribution in [0.2, 0.25) is 0 Å². The molecule has 0 atom stereocenters. The first-order valence-corrected chi connectivity index (χ1v) is 1.51. The van der Waals surface area contributed by atoms with Crippen molar-refractivity contribution < 1.29 is 26.4 Å². The molecule has 0 aromatic heterocycles. The van der Waals surface area contributed by atoms with Crippen molar-refractivity contribution in [3.8, 4) is 0 Å². The average molecular weight is 161 g/mol. The van der Waals surface area contributed by atoms with Gasteiger partial charge in [-0.15, -0.1) is 12.4 Å². The molecule has 0 aromatic rings. The second-order valence-corrected chi connectivity index (χ2v) is 0.307. The van der Waals surface area contributed by atoms with Gasteiger partial charge in [0, 0.05) is 0 Å². The van der Waals surface area contributed by atoms with E-state index in [1.807, 2.05) is 0 Å². The van der Waals surface area contributed by atoms with Crippen molar-refractivity contribution in [2.45, 2.75) is 0 Å². The fraction of sp³-hybridized carbons (Fsp3) is 0. The summed E-state index contributed by atoms with van der Waals surface area (Å²) < 4.78 is 16.9. The summed E-state index contributed by atoms with van der Waals surface area (Å²) in [5, 5.41) is 0. The van der Waals surface area contributed by atoms with Crippen LogP contribution >= 0.6 is 12.4 Å². The van der Waals surface area contributed by atoms with E-state index in [1.54, 1.807) is 0 Å². The zero-order valence-electron chi connectivity index (χ0n) is 4.38. The minimum absolute atomic E-state index is 0. The van der Waals surface area contributed by atoms with Crippen molar-refractivity contribution in [1.82, 2.24) is 0 Å². The van der Waals surface area contributed by atoms with Crippen molar-refractivity contribution in [1.29, 1.82) is 0 Å². The molecular weight excluding hydrogens is 158 g/mol. The third-order valence-corrected chi connectivity index (χ3v) is 0. The molecule has 0 aromatic carbocycles. The zero-order valence-corrected chi connectivity index (χ0v) is 6.80. The summed E-state index contributed by atoms with van der Waals surface area (Å²) in [5.41, 5.74) is 0. The van der Waals surface area contributed by atoms with E-state index in [1.165, 1.54) is 0 Å².